The molecule has 0 aliphatic carbocycles. The number of hydrogen-bond donors (Lipinski definition) is 2. The van der Waals surface area contributed by atoms with Crippen molar-refractivity contribution in [2.45, 2.75) is 13.3 Å². The van der Waals surface area contributed by atoms with Crippen LogP contribution in [0.15, 0.2) is 42.5 Å². The lowest BCUT2D eigenvalue weighted by Crippen LogP contribution is -2.16. The van der Waals surface area contributed by atoms with Gasteiger partial charge in [-0.05, 0) is 43.3 Å². The first-order valence-corrected chi connectivity index (χ1v) is 7.90. The maximum Gasteiger partial charge on any atom is 0.226 e. The Bertz CT molecular complexity index is 742. The zero-order valence-electron chi connectivity index (χ0n) is 14.6. The Balaban J connectivity index is 1.85. The fraction of sp³-hybridized carbons (Fsp3) is 0.263. The van der Waals surface area contributed by atoms with Crippen molar-refractivity contribution in [1.29, 1.82) is 0 Å². The summed E-state index contributed by atoms with van der Waals surface area (Å²) in [5, 5.41) is 5.97. The fourth-order valence-corrected chi connectivity index (χ4v) is 2.26. The highest BCUT2D eigenvalue weighted by Gasteiger charge is 2.09. The summed E-state index contributed by atoms with van der Waals surface area (Å²) in [7, 11) is 3.11. The third-order valence-corrected chi connectivity index (χ3v) is 3.66. The molecule has 0 saturated carbocycles. The van der Waals surface area contributed by atoms with Crippen LogP contribution in [0.4, 0.5) is 11.4 Å². The van der Waals surface area contributed by atoms with Gasteiger partial charge >= 0.3 is 0 Å². The van der Waals surface area contributed by atoms with Gasteiger partial charge in [0.15, 0.2) is 5.78 Å². The van der Waals surface area contributed by atoms with Crippen molar-refractivity contribution in [3.63, 3.8) is 0 Å². The predicted molar refractivity (Wildman–Crippen MR) is 97.7 cm³/mol. The lowest BCUT2D eigenvalue weighted by atomic mass is 10.1. The molecule has 0 radical (unpaired) electrons. The van der Waals surface area contributed by atoms with Crippen LogP contribution in [0.1, 0.15) is 23.7 Å². The van der Waals surface area contributed by atoms with Crippen LogP contribution >= 0.6 is 0 Å². The minimum Gasteiger partial charge on any atom is -0.497 e. The number of amides is 1. The summed E-state index contributed by atoms with van der Waals surface area (Å²) >= 11 is 0. The van der Waals surface area contributed by atoms with Crippen LogP contribution in [0.5, 0.6) is 11.5 Å². The minimum atomic E-state index is -0.128. The molecule has 132 valence electrons. The van der Waals surface area contributed by atoms with Crippen LogP contribution in [-0.2, 0) is 4.79 Å². The Morgan fingerprint density at radius 3 is 2.32 bits per heavy atom. The number of carbonyl (C=O) groups excluding carboxylic acids is 2. The maximum absolute atomic E-state index is 12.1. The third-order valence-electron chi connectivity index (χ3n) is 3.66. The van der Waals surface area contributed by atoms with Gasteiger partial charge in [-0.1, -0.05) is 0 Å². The summed E-state index contributed by atoms with van der Waals surface area (Å²) in [6.45, 7) is 2.00. The molecule has 0 unspecified atom stereocenters. The van der Waals surface area contributed by atoms with Crippen molar-refractivity contribution in [3.05, 3.63) is 48.0 Å². The van der Waals surface area contributed by atoms with Gasteiger partial charge in [0, 0.05) is 30.3 Å². The minimum absolute atomic E-state index is 0.0272. The van der Waals surface area contributed by atoms with Gasteiger partial charge in [0.05, 0.1) is 19.9 Å². The molecule has 0 bridgehead atoms. The van der Waals surface area contributed by atoms with E-state index in [0.717, 1.165) is 5.69 Å². The van der Waals surface area contributed by atoms with Crippen molar-refractivity contribution in [3.8, 4) is 11.5 Å². The zero-order valence-corrected chi connectivity index (χ0v) is 14.6. The first kappa shape index (κ1) is 18.3. The lowest BCUT2D eigenvalue weighted by Gasteiger charge is -2.12. The molecule has 2 aromatic rings. The predicted octanol–water partition coefficient (Wildman–Crippen LogP) is 3.35. The molecule has 0 aliphatic heterocycles. The summed E-state index contributed by atoms with van der Waals surface area (Å²) in [5.74, 6) is 1.10. The largest absolute Gasteiger partial charge is 0.497 e. The first-order valence-electron chi connectivity index (χ1n) is 7.90. The van der Waals surface area contributed by atoms with Gasteiger partial charge < -0.3 is 20.1 Å². The molecule has 0 fully saturated rings. The molecule has 2 aromatic carbocycles. The van der Waals surface area contributed by atoms with Crippen LogP contribution in [0.25, 0.3) is 0 Å². The SMILES string of the molecule is COc1ccc(NC(=O)CCNc2ccc(C(C)=O)cc2)c(OC)c1. The van der Waals surface area contributed by atoms with E-state index in [1.165, 1.54) is 14.0 Å². The van der Waals surface area contributed by atoms with Crippen LogP contribution in [0.3, 0.4) is 0 Å². The summed E-state index contributed by atoms with van der Waals surface area (Å²) in [4.78, 5) is 23.3. The van der Waals surface area contributed by atoms with E-state index in [9.17, 15) is 9.59 Å². The Labute approximate surface area is 147 Å². The van der Waals surface area contributed by atoms with Gasteiger partial charge in [-0.15, -0.1) is 0 Å². The smallest absolute Gasteiger partial charge is 0.226 e. The van der Waals surface area contributed by atoms with Gasteiger partial charge in [-0.3, -0.25) is 9.59 Å². The van der Waals surface area contributed by atoms with Crippen molar-refractivity contribution < 1.29 is 19.1 Å². The molecule has 1 amide bonds. The van der Waals surface area contributed by atoms with E-state index in [1.54, 1.807) is 37.4 Å². The highest BCUT2D eigenvalue weighted by Crippen LogP contribution is 2.29. The van der Waals surface area contributed by atoms with Crippen LogP contribution in [0.2, 0.25) is 0 Å². The number of ether oxygens (including phenoxy) is 2. The highest BCUT2D eigenvalue weighted by atomic mass is 16.5. The van der Waals surface area contributed by atoms with E-state index in [2.05, 4.69) is 10.6 Å². The number of benzene rings is 2. The molecule has 25 heavy (non-hydrogen) atoms. The number of hydrogen-bond acceptors (Lipinski definition) is 5. The number of Topliss-reactive ketones (excluding diaryl/α,β-unsaturated/α-hetero) is 1. The van der Waals surface area contributed by atoms with E-state index in [1.807, 2.05) is 12.1 Å². The van der Waals surface area contributed by atoms with Crippen molar-refractivity contribution >= 4 is 23.1 Å². The van der Waals surface area contributed by atoms with E-state index in [4.69, 9.17) is 9.47 Å². The van der Waals surface area contributed by atoms with Crippen molar-refractivity contribution in [1.82, 2.24) is 0 Å². The summed E-state index contributed by atoms with van der Waals surface area (Å²) in [5.41, 5.74) is 2.12. The monoisotopic (exact) mass is 342 g/mol. The second kappa shape index (κ2) is 8.73. The highest BCUT2D eigenvalue weighted by molar-refractivity contribution is 5.94. The Morgan fingerprint density at radius 1 is 1.00 bits per heavy atom. The molecular weight excluding hydrogens is 320 g/mol. The lowest BCUT2D eigenvalue weighted by molar-refractivity contribution is -0.116. The molecule has 0 heterocycles. The number of methoxy groups -OCH3 is 2. The van der Waals surface area contributed by atoms with Crippen molar-refractivity contribution in [2.24, 2.45) is 0 Å². The number of rotatable bonds is 8. The second-order valence-corrected chi connectivity index (χ2v) is 5.42. The molecule has 0 aromatic heterocycles. The summed E-state index contributed by atoms with van der Waals surface area (Å²) in [6, 6.07) is 12.4. The van der Waals surface area contributed by atoms with Crippen LogP contribution in [-0.4, -0.2) is 32.5 Å². The van der Waals surface area contributed by atoms with E-state index < -0.39 is 0 Å². The van der Waals surface area contributed by atoms with Crippen molar-refractivity contribution in [2.75, 3.05) is 31.4 Å². The summed E-state index contributed by atoms with van der Waals surface area (Å²) in [6.07, 6.45) is 0.295. The number of anilines is 2. The number of nitrogens with one attached hydrogen (secondary N) is 2. The molecule has 0 aliphatic rings. The molecular formula is C19H22N2O4. The quantitative estimate of drug-likeness (QED) is 0.720. The average molecular weight is 342 g/mol. The molecule has 0 spiro atoms. The molecule has 0 atom stereocenters. The Morgan fingerprint density at radius 2 is 1.72 bits per heavy atom. The Kier molecular flexibility index (Phi) is 6.39. The van der Waals surface area contributed by atoms with E-state index in [-0.39, 0.29) is 11.7 Å². The standard InChI is InChI=1S/C19H22N2O4/c1-13(22)14-4-6-15(7-5-14)20-11-10-19(23)21-17-9-8-16(24-2)12-18(17)25-3/h4-9,12,20H,10-11H2,1-3H3,(H,21,23). The zero-order chi connectivity index (χ0) is 18.2. The fourth-order valence-electron chi connectivity index (χ4n) is 2.26. The molecule has 2 N–H and O–H groups in total. The van der Waals surface area contributed by atoms with Crippen LogP contribution in [0, 0.1) is 0 Å². The Hall–Kier alpha value is -3.02. The third kappa shape index (κ3) is 5.24. The van der Waals surface area contributed by atoms with Gasteiger partial charge in [0.1, 0.15) is 11.5 Å². The number of carbonyl (C=O) groups is 2. The maximum atomic E-state index is 12.1. The molecule has 0 saturated heterocycles. The average Bonchev–Trinajstić information content (AvgIpc) is 2.62. The van der Waals surface area contributed by atoms with E-state index in [0.29, 0.717) is 35.7 Å². The van der Waals surface area contributed by atoms with Gasteiger partial charge in [-0.2, -0.15) is 0 Å². The normalized spacial score (nSPS) is 10.0. The number of ketones is 1. The molecule has 2 rings (SSSR count). The first-order chi connectivity index (χ1) is 12.0. The van der Waals surface area contributed by atoms with E-state index >= 15 is 0 Å². The van der Waals surface area contributed by atoms with Gasteiger partial charge in [-0.25, -0.2) is 0 Å². The van der Waals surface area contributed by atoms with Gasteiger partial charge in [0.25, 0.3) is 0 Å². The summed E-state index contributed by atoms with van der Waals surface area (Å²) < 4.78 is 10.4. The van der Waals surface area contributed by atoms with Gasteiger partial charge in [0.2, 0.25) is 5.91 Å². The molecule has 6 nitrogen and oxygen atoms in total. The van der Waals surface area contributed by atoms with Crippen LogP contribution < -0.4 is 20.1 Å². The second-order valence-electron chi connectivity index (χ2n) is 5.42. The molecule has 6 heteroatoms. The topological polar surface area (TPSA) is 76.7 Å².